The van der Waals surface area contributed by atoms with Gasteiger partial charge in [0.05, 0.1) is 6.04 Å². The fraction of sp³-hybridized carbons (Fsp3) is 0.139. The maximum atomic E-state index is 6.94. The predicted molar refractivity (Wildman–Crippen MR) is 165 cm³/mol. The third-order valence-corrected chi connectivity index (χ3v) is 10.3. The van der Waals surface area contributed by atoms with Gasteiger partial charge >= 0.3 is 0 Å². The molecule has 7 rings (SSSR count). The number of fused-ring (bicyclic) bond motifs is 1. The molecule has 0 aliphatic carbocycles. The molecule has 0 unspecified atom stereocenters. The van der Waals surface area contributed by atoms with E-state index in [1.807, 2.05) is 0 Å². The van der Waals surface area contributed by atoms with E-state index in [1.165, 1.54) is 27.3 Å². The van der Waals surface area contributed by atoms with Crippen molar-refractivity contribution in [1.82, 2.24) is 4.67 Å². The van der Waals surface area contributed by atoms with Crippen LogP contribution in [0.3, 0.4) is 0 Å². The van der Waals surface area contributed by atoms with Crippen LogP contribution in [0.25, 0.3) is 0 Å². The summed E-state index contributed by atoms with van der Waals surface area (Å²) in [5.74, 6) is 0.844. The summed E-state index contributed by atoms with van der Waals surface area (Å²) in [6.07, 6.45) is 0.716. The number of rotatable bonds is 6. The maximum absolute atomic E-state index is 6.94. The lowest BCUT2D eigenvalue weighted by molar-refractivity contribution is 0.177. The minimum atomic E-state index is -0.813. The molecule has 0 N–H and O–H groups in total. The number of aliphatic imine (C=N–C) groups is 1. The van der Waals surface area contributed by atoms with Crippen LogP contribution in [0.15, 0.2) is 151 Å². The summed E-state index contributed by atoms with van der Waals surface area (Å²) < 4.78 is 9.60. The van der Waals surface area contributed by atoms with E-state index in [0.717, 1.165) is 24.4 Å². The van der Waals surface area contributed by atoms with Gasteiger partial charge in [0.15, 0.2) is 6.10 Å². The van der Waals surface area contributed by atoms with Crippen molar-refractivity contribution in [3.8, 4) is 0 Å². The highest BCUT2D eigenvalue weighted by atomic mass is 31.1. The van der Waals surface area contributed by atoms with Crippen molar-refractivity contribution in [2.24, 2.45) is 4.99 Å². The highest BCUT2D eigenvalue weighted by Gasteiger charge is 2.42. The summed E-state index contributed by atoms with van der Waals surface area (Å²) in [5, 5.41) is 2.68. The van der Waals surface area contributed by atoms with Gasteiger partial charge in [-0.3, -0.25) is 4.67 Å². The van der Waals surface area contributed by atoms with Crippen molar-refractivity contribution >= 4 is 24.6 Å². The lowest BCUT2D eigenvalue weighted by atomic mass is 9.96. The highest BCUT2D eigenvalue weighted by molar-refractivity contribution is 7.70. The van der Waals surface area contributed by atoms with E-state index >= 15 is 0 Å². The molecule has 40 heavy (non-hydrogen) atoms. The lowest BCUT2D eigenvalue weighted by Crippen LogP contribution is -2.46. The fourth-order valence-electron chi connectivity index (χ4n) is 5.91. The normalized spacial score (nSPS) is 20.5. The minimum absolute atomic E-state index is 0.0290. The van der Waals surface area contributed by atoms with Gasteiger partial charge in [0.25, 0.3) is 0 Å². The first kappa shape index (κ1) is 25.0. The Kier molecular flexibility index (Phi) is 7.00. The minimum Gasteiger partial charge on any atom is -0.469 e. The standard InChI is InChI=1S/C36H31N2OP/c1-5-15-27(16-6-1)34-35(28-17-7-2-8-18-28)39-36(37-34)33-25-29-19-13-14-20-30(29)26-38(33)40(31-21-9-3-10-22-31)32-23-11-4-12-24-32/h1-24,33-35H,25-26H2/t33-,34+,35-/m0/s1. The van der Waals surface area contributed by atoms with E-state index < -0.39 is 8.07 Å². The highest BCUT2D eigenvalue weighted by Crippen LogP contribution is 2.48. The molecule has 0 amide bonds. The SMILES string of the molecule is c1ccc([C@H]2N=C([C@@H]3Cc4ccccc4CN3P(c3ccccc3)c3ccccc3)O[C@H]2c2ccccc2)cc1. The van der Waals surface area contributed by atoms with Gasteiger partial charge in [0.1, 0.15) is 6.04 Å². The summed E-state index contributed by atoms with van der Waals surface area (Å²) in [6, 6.07) is 51.9. The van der Waals surface area contributed by atoms with Crippen LogP contribution in [0.5, 0.6) is 0 Å². The Bertz CT molecular complexity index is 1550. The molecule has 4 heteroatoms. The molecule has 3 atom stereocenters. The first-order valence-electron chi connectivity index (χ1n) is 13.9. The van der Waals surface area contributed by atoms with Gasteiger partial charge in [-0.25, -0.2) is 4.99 Å². The van der Waals surface area contributed by atoms with E-state index in [1.54, 1.807) is 0 Å². The van der Waals surface area contributed by atoms with Gasteiger partial charge in [0, 0.05) is 14.6 Å². The molecule has 0 aromatic heterocycles. The van der Waals surface area contributed by atoms with Crippen LogP contribution >= 0.6 is 8.07 Å². The average molecular weight is 539 g/mol. The number of benzene rings is 5. The molecule has 0 spiro atoms. The molecule has 2 heterocycles. The number of nitrogens with zero attached hydrogens (tertiary/aromatic N) is 2. The second-order valence-corrected chi connectivity index (χ2v) is 12.5. The molecule has 0 saturated heterocycles. The van der Waals surface area contributed by atoms with Gasteiger partial charge in [-0.05, 0) is 39.3 Å². The zero-order chi connectivity index (χ0) is 26.7. The molecule has 3 nitrogen and oxygen atoms in total. The van der Waals surface area contributed by atoms with Gasteiger partial charge in [0.2, 0.25) is 5.90 Å². The molecule has 2 aliphatic rings. The van der Waals surface area contributed by atoms with E-state index in [4.69, 9.17) is 9.73 Å². The zero-order valence-electron chi connectivity index (χ0n) is 22.3. The van der Waals surface area contributed by atoms with Crippen LogP contribution in [0.2, 0.25) is 0 Å². The maximum Gasteiger partial charge on any atom is 0.203 e. The van der Waals surface area contributed by atoms with Gasteiger partial charge < -0.3 is 4.74 Å². The molecule has 0 bridgehead atoms. The Morgan fingerprint density at radius 3 is 1.68 bits per heavy atom. The van der Waals surface area contributed by atoms with Crippen LogP contribution < -0.4 is 10.6 Å². The summed E-state index contributed by atoms with van der Waals surface area (Å²) >= 11 is 0. The van der Waals surface area contributed by atoms with Crippen LogP contribution in [-0.4, -0.2) is 16.6 Å². The molecule has 5 aromatic rings. The molecule has 196 valence electrons. The monoisotopic (exact) mass is 538 g/mol. The predicted octanol–water partition coefficient (Wildman–Crippen LogP) is 7.37. The molecule has 2 aliphatic heterocycles. The summed E-state index contributed by atoms with van der Waals surface area (Å²) in [6.45, 7) is 0.852. The summed E-state index contributed by atoms with van der Waals surface area (Å²) in [5.41, 5.74) is 5.11. The van der Waals surface area contributed by atoms with E-state index in [0.29, 0.717) is 0 Å². The van der Waals surface area contributed by atoms with Crippen molar-refractivity contribution < 1.29 is 4.74 Å². The average Bonchev–Trinajstić information content (AvgIpc) is 3.48. The van der Waals surface area contributed by atoms with E-state index in [9.17, 15) is 0 Å². The topological polar surface area (TPSA) is 24.8 Å². The Labute approximate surface area is 237 Å². The van der Waals surface area contributed by atoms with Crippen molar-refractivity contribution in [1.29, 1.82) is 0 Å². The third-order valence-electron chi connectivity index (χ3n) is 7.84. The largest absolute Gasteiger partial charge is 0.469 e. The Morgan fingerprint density at radius 1 is 0.575 bits per heavy atom. The van der Waals surface area contributed by atoms with Crippen molar-refractivity contribution in [2.75, 3.05) is 0 Å². The molecule has 0 radical (unpaired) electrons. The number of hydrogen-bond donors (Lipinski definition) is 0. The second-order valence-electron chi connectivity index (χ2n) is 10.3. The van der Waals surface area contributed by atoms with Crippen LogP contribution in [0, 0.1) is 0 Å². The fourth-order valence-corrected chi connectivity index (χ4v) is 8.46. The Morgan fingerprint density at radius 2 is 1.07 bits per heavy atom. The smallest absolute Gasteiger partial charge is 0.203 e. The van der Waals surface area contributed by atoms with Crippen molar-refractivity contribution in [3.63, 3.8) is 0 Å². The second kappa shape index (κ2) is 11.2. The van der Waals surface area contributed by atoms with E-state index in [2.05, 4.69) is 150 Å². The zero-order valence-corrected chi connectivity index (χ0v) is 23.1. The number of hydrogen-bond acceptors (Lipinski definition) is 3. The first-order chi connectivity index (χ1) is 19.8. The molecular formula is C36H31N2OP. The molecule has 0 fully saturated rings. The van der Waals surface area contributed by atoms with Crippen molar-refractivity contribution in [2.45, 2.75) is 31.2 Å². The van der Waals surface area contributed by atoms with Crippen LogP contribution in [0.1, 0.15) is 34.4 Å². The molecular weight excluding hydrogens is 507 g/mol. The quantitative estimate of drug-likeness (QED) is 0.211. The lowest BCUT2D eigenvalue weighted by Gasteiger charge is -2.41. The Hall–Kier alpha value is -4.04. The summed E-state index contributed by atoms with van der Waals surface area (Å²) in [4.78, 5) is 5.40. The third kappa shape index (κ3) is 4.88. The first-order valence-corrected chi connectivity index (χ1v) is 15.2. The van der Waals surface area contributed by atoms with Gasteiger partial charge in [-0.2, -0.15) is 0 Å². The summed E-state index contributed by atoms with van der Waals surface area (Å²) in [7, 11) is -0.813. The van der Waals surface area contributed by atoms with Gasteiger partial charge in [-0.1, -0.05) is 146 Å². The van der Waals surface area contributed by atoms with Crippen LogP contribution in [-0.2, 0) is 17.7 Å². The van der Waals surface area contributed by atoms with E-state index in [-0.39, 0.29) is 18.2 Å². The van der Waals surface area contributed by atoms with Gasteiger partial charge in [-0.15, -0.1) is 0 Å². The number of ether oxygens (including phenoxy) is 1. The Balaban J connectivity index is 1.35. The van der Waals surface area contributed by atoms with Crippen molar-refractivity contribution in [3.05, 3.63) is 168 Å². The molecule has 0 saturated carbocycles. The molecule has 5 aromatic carbocycles. The van der Waals surface area contributed by atoms with Crippen LogP contribution in [0.4, 0.5) is 0 Å².